The average molecular weight is 332 g/mol. The highest BCUT2D eigenvalue weighted by molar-refractivity contribution is 7.99. The molecule has 1 aromatic heterocycles. The van der Waals surface area contributed by atoms with Gasteiger partial charge in [-0.3, -0.25) is 4.79 Å². The van der Waals surface area contributed by atoms with Crippen molar-refractivity contribution in [2.75, 3.05) is 22.5 Å². The summed E-state index contributed by atoms with van der Waals surface area (Å²) in [6.07, 6.45) is 1.01. The van der Waals surface area contributed by atoms with E-state index in [1.165, 1.54) is 0 Å². The summed E-state index contributed by atoms with van der Waals surface area (Å²) in [4.78, 5) is 23.7. The molecule has 0 spiro atoms. The van der Waals surface area contributed by atoms with Gasteiger partial charge in [0.05, 0.1) is 5.75 Å². The maximum absolute atomic E-state index is 12.2. The summed E-state index contributed by atoms with van der Waals surface area (Å²) in [5.41, 5.74) is 13.0. The molecule has 5 N–H and O–H groups in total. The van der Waals surface area contributed by atoms with Crippen LogP contribution in [0.15, 0.2) is 29.4 Å². The molecule has 0 aliphatic heterocycles. The first kappa shape index (κ1) is 17.0. The van der Waals surface area contributed by atoms with Gasteiger partial charge in [-0.1, -0.05) is 43.8 Å². The Morgan fingerprint density at radius 3 is 2.52 bits per heavy atom. The van der Waals surface area contributed by atoms with Crippen LogP contribution in [0.4, 0.5) is 17.6 Å². The van der Waals surface area contributed by atoms with E-state index < -0.39 is 0 Å². The fraction of sp³-hybridized carbons (Fsp3) is 0.333. The summed E-state index contributed by atoms with van der Waals surface area (Å²) in [6, 6.07) is 7.82. The lowest BCUT2D eigenvalue weighted by Gasteiger charge is -2.15. The zero-order valence-corrected chi connectivity index (χ0v) is 13.9. The van der Waals surface area contributed by atoms with E-state index in [1.807, 2.05) is 24.3 Å². The minimum absolute atomic E-state index is 0.0440. The number of para-hydroxylation sites is 1. The van der Waals surface area contributed by atoms with Gasteiger partial charge in [0.2, 0.25) is 17.8 Å². The number of carbonyl (C=O) groups excluding carboxylic acids is 1. The molecule has 1 aromatic carbocycles. The SMILES string of the molecule is CCC(C)c1ccccc1NC(=O)CSc1nc(N)nc(N)n1. The lowest BCUT2D eigenvalue weighted by Crippen LogP contribution is -2.16. The van der Waals surface area contributed by atoms with Gasteiger partial charge in [0.15, 0.2) is 5.16 Å². The van der Waals surface area contributed by atoms with E-state index in [1.54, 1.807) is 0 Å². The van der Waals surface area contributed by atoms with Crippen LogP contribution >= 0.6 is 11.8 Å². The zero-order valence-electron chi connectivity index (χ0n) is 13.1. The molecule has 2 rings (SSSR count). The smallest absolute Gasteiger partial charge is 0.234 e. The Balaban J connectivity index is 2.00. The lowest BCUT2D eigenvalue weighted by atomic mass is 9.97. The summed E-state index contributed by atoms with van der Waals surface area (Å²) in [6.45, 7) is 4.25. The van der Waals surface area contributed by atoms with Crippen molar-refractivity contribution in [3.8, 4) is 0 Å². The Bertz CT molecular complexity index is 673. The summed E-state index contributed by atoms with van der Waals surface area (Å²) < 4.78 is 0. The molecule has 0 saturated carbocycles. The van der Waals surface area contributed by atoms with E-state index in [-0.39, 0.29) is 23.6 Å². The monoisotopic (exact) mass is 332 g/mol. The number of hydrogen-bond donors (Lipinski definition) is 3. The van der Waals surface area contributed by atoms with Gasteiger partial charge in [-0.15, -0.1) is 0 Å². The molecule has 1 heterocycles. The van der Waals surface area contributed by atoms with Gasteiger partial charge in [0, 0.05) is 5.69 Å². The van der Waals surface area contributed by atoms with Gasteiger partial charge >= 0.3 is 0 Å². The fourth-order valence-corrected chi connectivity index (χ4v) is 2.68. The van der Waals surface area contributed by atoms with Crippen LogP contribution in [-0.4, -0.2) is 26.6 Å². The lowest BCUT2D eigenvalue weighted by molar-refractivity contribution is -0.113. The number of nitrogens with two attached hydrogens (primary N) is 2. The van der Waals surface area contributed by atoms with Gasteiger partial charge in [0.1, 0.15) is 0 Å². The molecule has 122 valence electrons. The van der Waals surface area contributed by atoms with Crippen molar-refractivity contribution in [2.45, 2.75) is 31.3 Å². The minimum Gasteiger partial charge on any atom is -0.368 e. The maximum atomic E-state index is 12.2. The van der Waals surface area contributed by atoms with Crippen molar-refractivity contribution >= 4 is 35.3 Å². The highest BCUT2D eigenvalue weighted by atomic mass is 32.2. The number of nitrogens with zero attached hydrogens (tertiary/aromatic N) is 3. The number of aromatic nitrogens is 3. The molecule has 0 bridgehead atoms. The van der Waals surface area contributed by atoms with Crippen molar-refractivity contribution in [3.05, 3.63) is 29.8 Å². The first-order valence-electron chi connectivity index (χ1n) is 7.28. The maximum Gasteiger partial charge on any atom is 0.234 e. The Morgan fingerprint density at radius 2 is 1.87 bits per heavy atom. The standard InChI is InChI=1S/C15H20N6OS/c1-3-9(2)10-6-4-5-7-11(10)18-12(22)8-23-15-20-13(16)19-14(17)21-15/h4-7,9H,3,8H2,1-2H3,(H,18,22)(H4,16,17,19,20,21). The Labute approximate surface area is 139 Å². The van der Waals surface area contributed by atoms with Crippen LogP contribution in [0.5, 0.6) is 0 Å². The van der Waals surface area contributed by atoms with Crippen LogP contribution < -0.4 is 16.8 Å². The van der Waals surface area contributed by atoms with Crippen LogP contribution in [-0.2, 0) is 4.79 Å². The molecule has 23 heavy (non-hydrogen) atoms. The summed E-state index contributed by atoms with van der Waals surface area (Å²) in [5.74, 6) is 0.494. The quantitative estimate of drug-likeness (QED) is 0.694. The van der Waals surface area contributed by atoms with E-state index >= 15 is 0 Å². The Kier molecular flexibility index (Phi) is 5.75. The highest BCUT2D eigenvalue weighted by Gasteiger charge is 2.12. The second-order valence-corrected chi connectivity index (χ2v) is 6.01. The second kappa shape index (κ2) is 7.77. The predicted octanol–water partition coefficient (Wildman–Crippen LogP) is 2.28. The topological polar surface area (TPSA) is 120 Å². The van der Waals surface area contributed by atoms with E-state index in [0.29, 0.717) is 11.1 Å². The van der Waals surface area contributed by atoms with Crippen LogP contribution in [0.25, 0.3) is 0 Å². The van der Waals surface area contributed by atoms with Crippen molar-refractivity contribution < 1.29 is 4.79 Å². The van der Waals surface area contributed by atoms with E-state index in [9.17, 15) is 4.79 Å². The molecule has 1 amide bonds. The van der Waals surface area contributed by atoms with Crippen LogP contribution in [0.1, 0.15) is 31.7 Å². The second-order valence-electron chi connectivity index (χ2n) is 5.07. The summed E-state index contributed by atoms with van der Waals surface area (Å²) >= 11 is 1.16. The molecule has 1 atom stereocenters. The molecule has 0 aliphatic rings. The predicted molar refractivity (Wildman–Crippen MR) is 93.2 cm³/mol. The van der Waals surface area contributed by atoms with Gasteiger partial charge in [-0.25, -0.2) is 0 Å². The summed E-state index contributed by atoms with van der Waals surface area (Å²) in [7, 11) is 0. The largest absolute Gasteiger partial charge is 0.368 e. The van der Waals surface area contributed by atoms with Gasteiger partial charge < -0.3 is 16.8 Å². The third-order valence-electron chi connectivity index (χ3n) is 3.36. The number of carbonyl (C=O) groups is 1. The number of anilines is 3. The van der Waals surface area contributed by atoms with E-state index in [4.69, 9.17) is 11.5 Å². The number of thioether (sulfide) groups is 1. The third-order valence-corrected chi connectivity index (χ3v) is 4.21. The molecule has 0 aliphatic carbocycles. The average Bonchev–Trinajstić information content (AvgIpc) is 2.52. The van der Waals surface area contributed by atoms with Crippen molar-refractivity contribution in [2.24, 2.45) is 0 Å². The molecule has 7 nitrogen and oxygen atoms in total. The summed E-state index contributed by atoms with van der Waals surface area (Å²) in [5, 5.41) is 3.27. The van der Waals surface area contributed by atoms with Crippen LogP contribution in [0.3, 0.4) is 0 Å². The first-order valence-corrected chi connectivity index (χ1v) is 8.26. The zero-order chi connectivity index (χ0) is 16.8. The third kappa shape index (κ3) is 4.82. The van der Waals surface area contributed by atoms with Crippen molar-refractivity contribution in [3.63, 3.8) is 0 Å². The van der Waals surface area contributed by atoms with Crippen LogP contribution in [0.2, 0.25) is 0 Å². The molecule has 0 fully saturated rings. The highest BCUT2D eigenvalue weighted by Crippen LogP contribution is 2.26. The first-order chi connectivity index (χ1) is 11.0. The van der Waals surface area contributed by atoms with E-state index in [2.05, 4.69) is 34.1 Å². The Hall–Kier alpha value is -2.35. The van der Waals surface area contributed by atoms with Gasteiger partial charge in [-0.05, 0) is 24.0 Å². The minimum atomic E-state index is -0.136. The van der Waals surface area contributed by atoms with Gasteiger partial charge in [0.25, 0.3) is 0 Å². The molecular weight excluding hydrogens is 312 g/mol. The fourth-order valence-electron chi connectivity index (χ4n) is 2.03. The molecule has 1 unspecified atom stereocenters. The number of nitrogen functional groups attached to an aromatic ring is 2. The number of amides is 1. The van der Waals surface area contributed by atoms with Crippen molar-refractivity contribution in [1.29, 1.82) is 0 Å². The van der Waals surface area contributed by atoms with Gasteiger partial charge in [-0.2, -0.15) is 15.0 Å². The van der Waals surface area contributed by atoms with E-state index in [0.717, 1.165) is 29.4 Å². The molecular formula is C15H20N6OS. The molecule has 8 heteroatoms. The Morgan fingerprint density at radius 1 is 1.22 bits per heavy atom. The van der Waals surface area contributed by atoms with Crippen LogP contribution in [0, 0.1) is 0 Å². The van der Waals surface area contributed by atoms with Crippen molar-refractivity contribution in [1.82, 2.24) is 15.0 Å². The molecule has 2 aromatic rings. The number of nitrogens with one attached hydrogen (secondary N) is 1. The molecule has 0 radical (unpaired) electrons. The number of benzene rings is 1. The number of rotatable bonds is 6. The number of hydrogen-bond acceptors (Lipinski definition) is 7. The normalized spacial score (nSPS) is 11.9. The molecule has 0 saturated heterocycles.